The Morgan fingerprint density at radius 3 is 2.55 bits per heavy atom. The average molecular weight is 184 g/mol. The third kappa shape index (κ3) is 6.09. The molecule has 0 fully saturated rings. The molecule has 5 heteroatoms. The molecule has 0 aromatic heterocycles. The minimum Gasteiger partial charge on any atom is -0.465 e. The molecule has 0 aliphatic carbocycles. The van der Waals surface area contributed by atoms with Crippen molar-refractivity contribution in [3.8, 4) is 0 Å². The predicted molar refractivity (Wildman–Crippen MR) is 43.7 cm³/mol. The van der Waals surface area contributed by atoms with Crippen LogP contribution in [0.15, 0.2) is 0 Å². The molecule has 0 rings (SSSR count). The number of ether oxygens (including phenoxy) is 2. The molecule has 0 aliphatic heterocycles. The van der Waals surface area contributed by atoms with Gasteiger partial charge in [-0.25, -0.2) is 0 Å². The molecule has 11 heavy (non-hydrogen) atoms. The van der Waals surface area contributed by atoms with Crippen molar-refractivity contribution in [3.05, 3.63) is 0 Å². The molecule has 0 aliphatic rings. The molecule has 0 radical (unpaired) electrons. The minimum absolute atomic E-state index is 0. The summed E-state index contributed by atoms with van der Waals surface area (Å²) in [6.07, 6.45) is 0. The number of nitrogens with two attached hydrogens (primary N) is 1. The molecule has 0 heterocycles. The van der Waals surface area contributed by atoms with Crippen LogP contribution in [0.2, 0.25) is 0 Å². The first-order valence-electron chi connectivity index (χ1n) is 3.13. The molecule has 1 atom stereocenters. The molecule has 0 saturated carbocycles. The highest BCUT2D eigenvalue weighted by Gasteiger charge is 2.12. The van der Waals surface area contributed by atoms with Crippen molar-refractivity contribution in [2.75, 3.05) is 20.3 Å². The summed E-state index contributed by atoms with van der Waals surface area (Å²) >= 11 is 0. The van der Waals surface area contributed by atoms with Crippen LogP contribution in [-0.4, -0.2) is 32.3 Å². The van der Waals surface area contributed by atoms with Gasteiger partial charge in [-0.1, -0.05) is 0 Å². The highest BCUT2D eigenvalue weighted by Crippen LogP contribution is 1.85. The summed E-state index contributed by atoms with van der Waals surface area (Å²) in [6.45, 7) is 2.30. The van der Waals surface area contributed by atoms with Gasteiger partial charge in [-0.3, -0.25) is 4.79 Å². The molecular formula is C6H14ClNO3. The van der Waals surface area contributed by atoms with Gasteiger partial charge in [0, 0.05) is 7.11 Å². The maximum Gasteiger partial charge on any atom is 0.325 e. The summed E-state index contributed by atoms with van der Waals surface area (Å²) in [7, 11) is 1.49. The van der Waals surface area contributed by atoms with E-state index in [0.29, 0.717) is 6.61 Å². The van der Waals surface area contributed by atoms with Crippen molar-refractivity contribution in [1.29, 1.82) is 0 Å². The Morgan fingerprint density at radius 2 is 2.18 bits per heavy atom. The molecule has 0 spiro atoms. The number of carbonyl (C=O) groups excluding carboxylic acids is 1. The second kappa shape index (κ2) is 7.78. The lowest BCUT2D eigenvalue weighted by molar-refractivity contribution is -0.145. The first-order valence-corrected chi connectivity index (χ1v) is 3.13. The van der Waals surface area contributed by atoms with Gasteiger partial charge in [0.25, 0.3) is 0 Å². The van der Waals surface area contributed by atoms with Gasteiger partial charge in [0.05, 0.1) is 13.2 Å². The Labute approximate surface area is 72.4 Å². The number of methoxy groups -OCH3 is 1. The number of halogens is 1. The molecule has 0 saturated heterocycles. The molecule has 0 unspecified atom stereocenters. The Bertz CT molecular complexity index is 110. The maximum atomic E-state index is 10.7. The third-order valence-electron chi connectivity index (χ3n) is 0.936. The summed E-state index contributed by atoms with van der Waals surface area (Å²) in [4.78, 5) is 10.7. The number of rotatable bonds is 4. The monoisotopic (exact) mass is 183 g/mol. The van der Waals surface area contributed by atoms with E-state index in [1.807, 2.05) is 0 Å². The van der Waals surface area contributed by atoms with E-state index < -0.39 is 12.0 Å². The van der Waals surface area contributed by atoms with E-state index in [0.717, 1.165) is 0 Å². The Kier molecular flexibility index (Phi) is 9.40. The fourth-order valence-electron chi connectivity index (χ4n) is 0.497. The zero-order chi connectivity index (χ0) is 7.98. The van der Waals surface area contributed by atoms with Gasteiger partial charge < -0.3 is 15.2 Å². The molecule has 0 bridgehead atoms. The van der Waals surface area contributed by atoms with Crippen LogP contribution in [0.3, 0.4) is 0 Å². The summed E-state index contributed by atoms with van der Waals surface area (Å²) in [6, 6.07) is -0.648. The van der Waals surface area contributed by atoms with E-state index in [1.165, 1.54) is 7.11 Å². The van der Waals surface area contributed by atoms with Crippen LogP contribution in [0.25, 0.3) is 0 Å². The van der Waals surface area contributed by atoms with Crippen molar-refractivity contribution in [1.82, 2.24) is 0 Å². The minimum atomic E-state index is -0.648. The zero-order valence-corrected chi connectivity index (χ0v) is 7.52. The average Bonchev–Trinajstić information content (AvgIpc) is 1.89. The van der Waals surface area contributed by atoms with E-state index in [9.17, 15) is 4.79 Å². The van der Waals surface area contributed by atoms with Gasteiger partial charge >= 0.3 is 5.97 Å². The fourth-order valence-corrected chi connectivity index (χ4v) is 0.497. The van der Waals surface area contributed by atoms with Crippen molar-refractivity contribution in [2.45, 2.75) is 13.0 Å². The predicted octanol–water partition coefficient (Wildman–Crippen LogP) is -0.0550. The van der Waals surface area contributed by atoms with E-state index in [1.54, 1.807) is 6.92 Å². The van der Waals surface area contributed by atoms with Crippen LogP contribution < -0.4 is 5.73 Å². The van der Waals surface area contributed by atoms with Crippen molar-refractivity contribution in [3.63, 3.8) is 0 Å². The van der Waals surface area contributed by atoms with Crippen molar-refractivity contribution in [2.24, 2.45) is 5.73 Å². The second-order valence-electron chi connectivity index (χ2n) is 1.81. The van der Waals surface area contributed by atoms with Gasteiger partial charge in [0.1, 0.15) is 6.04 Å². The summed E-state index contributed by atoms with van der Waals surface area (Å²) in [5.74, 6) is -0.413. The van der Waals surface area contributed by atoms with Crippen LogP contribution in [0.1, 0.15) is 6.92 Å². The van der Waals surface area contributed by atoms with Gasteiger partial charge in [-0.2, -0.15) is 0 Å². The molecule has 4 nitrogen and oxygen atoms in total. The van der Waals surface area contributed by atoms with Gasteiger partial charge in [-0.05, 0) is 6.92 Å². The molecule has 0 aromatic carbocycles. The lowest BCUT2D eigenvalue weighted by atomic mass is 10.3. The number of hydrogen-bond donors (Lipinski definition) is 1. The van der Waals surface area contributed by atoms with Crippen LogP contribution in [0, 0.1) is 0 Å². The lowest BCUT2D eigenvalue weighted by Gasteiger charge is -2.07. The molecule has 0 amide bonds. The van der Waals surface area contributed by atoms with Crippen molar-refractivity contribution >= 4 is 18.4 Å². The highest BCUT2D eigenvalue weighted by molar-refractivity contribution is 5.85. The summed E-state index contributed by atoms with van der Waals surface area (Å²) < 4.78 is 9.26. The van der Waals surface area contributed by atoms with E-state index in [2.05, 4.69) is 9.47 Å². The molecular weight excluding hydrogens is 170 g/mol. The SMILES string of the molecule is CCOC(=O)[C@@H](N)COC.Cl. The molecule has 0 aromatic rings. The molecule has 2 N–H and O–H groups in total. The first kappa shape index (κ1) is 13.3. The van der Waals surface area contributed by atoms with E-state index >= 15 is 0 Å². The zero-order valence-electron chi connectivity index (χ0n) is 6.70. The lowest BCUT2D eigenvalue weighted by Crippen LogP contribution is -2.36. The Hall–Kier alpha value is -0.320. The van der Waals surface area contributed by atoms with Crippen LogP contribution >= 0.6 is 12.4 Å². The topological polar surface area (TPSA) is 61.5 Å². The van der Waals surface area contributed by atoms with E-state index in [-0.39, 0.29) is 19.0 Å². The largest absolute Gasteiger partial charge is 0.465 e. The smallest absolute Gasteiger partial charge is 0.325 e. The summed E-state index contributed by atoms with van der Waals surface area (Å²) in [5.41, 5.74) is 5.31. The van der Waals surface area contributed by atoms with Crippen LogP contribution in [0.5, 0.6) is 0 Å². The number of carbonyl (C=O) groups is 1. The van der Waals surface area contributed by atoms with Crippen LogP contribution in [-0.2, 0) is 14.3 Å². The standard InChI is InChI=1S/C6H13NO3.ClH/c1-3-10-6(8)5(7)4-9-2;/h5H,3-4,7H2,1-2H3;1H/t5-;/m0./s1. The number of esters is 1. The maximum absolute atomic E-state index is 10.7. The highest BCUT2D eigenvalue weighted by atomic mass is 35.5. The molecule has 68 valence electrons. The Morgan fingerprint density at radius 1 is 1.64 bits per heavy atom. The number of hydrogen-bond acceptors (Lipinski definition) is 4. The fraction of sp³-hybridized carbons (Fsp3) is 0.833. The van der Waals surface area contributed by atoms with Gasteiger partial charge in [-0.15, -0.1) is 12.4 Å². The quantitative estimate of drug-likeness (QED) is 0.621. The first-order chi connectivity index (χ1) is 4.72. The Balaban J connectivity index is 0. The van der Waals surface area contributed by atoms with Gasteiger partial charge in [0.15, 0.2) is 0 Å². The normalized spacial score (nSPS) is 11.5. The van der Waals surface area contributed by atoms with Gasteiger partial charge in [0.2, 0.25) is 0 Å². The van der Waals surface area contributed by atoms with E-state index in [4.69, 9.17) is 5.73 Å². The summed E-state index contributed by atoms with van der Waals surface area (Å²) in [5, 5.41) is 0. The second-order valence-corrected chi connectivity index (χ2v) is 1.81. The third-order valence-corrected chi connectivity index (χ3v) is 0.936. The van der Waals surface area contributed by atoms with Crippen LogP contribution in [0.4, 0.5) is 0 Å². The van der Waals surface area contributed by atoms with Crippen molar-refractivity contribution < 1.29 is 14.3 Å².